The number of carbonyl (C=O) groups is 1. The molecule has 3 unspecified atom stereocenters. The van der Waals surface area contributed by atoms with Gasteiger partial charge in [-0.3, -0.25) is 4.79 Å². The van der Waals surface area contributed by atoms with Gasteiger partial charge in [-0.2, -0.15) is 0 Å². The quantitative estimate of drug-likeness (QED) is 0.538. The van der Waals surface area contributed by atoms with Crippen LogP contribution in [0.15, 0.2) is 36.1 Å². The van der Waals surface area contributed by atoms with Crippen LogP contribution in [0.1, 0.15) is 6.42 Å². The number of carbonyl (C=O) groups excluding carboxylic acids is 1. The molecule has 0 aromatic carbocycles. The molecule has 0 amide bonds. The molecule has 0 N–H and O–H groups in total. The van der Waals surface area contributed by atoms with Gasteiger partial charge in [0, 0.05) is 12.8 Å². The smallest absolute Gasteiger partial charge is 0.154 e. The summed E-state index contributed by atoms with van der Waals surface area (Å²) in [6.07, 6.45) is 13.4. The molecular formula is C12H10O2. The highest BCUT2D eigenvalue weighted by Crippen LogP contribution is 2.37. The molecule has 2 radical (unpaired) electrons. The van der Waals surface area contributed by atoms with Crippen LogP contribution in [0.4, 0.5) is 0 Å². The molecule has 0 bridgehead atoms. The summed E-state index contributed by atoms with van der Waals surface area (Å²) in [6.45, 7) is 0. The number of fused-ring (bicyclic) bond motifs is 2. The van der Waals surface area contributed by atoms with Crippen LogP contribution in [0.3, 0.4) is 0 Å². The zero-order valence-electron chi connectivity index (χ0n) is 7.64. The van der Waals surface area contributed by atoms with Crippen molar-refractivity contribution in [2.45, 2.75) is 12.5 Å². The van der Waals surface area contributed by atoms with Crippen LogP contribution in [-0.2, 0) is 9.53 Å². The number of hydrogen-bond acceptors (Lipinski definition) is 2. The Morgan fingerprint density at radius 2 is 2.43 bits per heavy atom. The highest BCUT2D eigenvalue weighted by atomic mass is 16.5. The minimum absolute atomic E-state index is 0.0401. The topological polar surface area (TPSA) is 26.3 Å². The van der Waals surface area contributed by atoms with Crippen molar-refractivity contribution in [1.29, 1.82) is 0 Å². The lowest BCUT2D eigenvalue weighted by Gasteiger charge is -2.33. The monoisotopic (exact) mass is 186 g/mol. The summed E-state index contributed by atoms with van der Waals surface area (Å²) in [4.78, 5) is 12.0. The third-order valence-electron chi connectivity index (χ3n) is 2.92. The lowest BCUT2D eigenvalue weighted by atomic mass is 9.83. The number of hydrogen-bond donors (Lipinski definition) is 0. The van der Waals surface area contributed by atoms with E-state index >= 15 is 0 Å². The Morgan fingerprint density at radius 3 is 3.36 bits per heavy atom. The van der Waals surface area contributed by atoms with Crippen LogP contribution in [0.25, 0.3) is 0 Å². The van der Waals surface area contributed by atoms with Crippen LogP contribution in [0.2, 0.25) is 0 Å². The highest BCUT2D eigenvalue weighted by Gasteiger charge is 2.42. The van der Waals surface area contributed by atoms with Crippen molar-refractivity contribution >= 4 is 5.78 Å². The van der Waals surface area contributed by atoms with Gasteiger partial charge in [0.25, 0.3) is 0 Å². The zero-order chi connectivity index (χ0) is 9.54. The Kier molecular flexibility index (Phi) is 1.63. The van der Waals surface area contributed by atoms with Gasteiger partial charge in [-0.1, -0.05) is 24.3 Å². The third kappa shape index (κ3) is 0.999. The third-order valence-corrected chi connectivity index (χ3v) is 2.92. The maximum absolute atomic E-state index is 12.0. The number of ether oxygens (including phenoxy) is 1. The van der Waals surface area contributed by atoms with E-state index in [2.05, 4.69) is 6.42 Å². The first-order chi connectivity index (χ1) is 6.86. The Bertz CT molecular complexity index is 363. The molecule has 1 aliphatic heterocycles. The molecule has 2 heteroatoms. The molecule has 70 valence electrons. The average Bonchev–Trinajstić information content (AvgIpc) is 2.66. The molecule has 1 heterocycles. The summed E-state index contributed by atoms with van der Waals surface area (Å²) in [6, 6.07) is 0. The molecule has 0 aromatic rings. The fourth-order valence-electron chi connectivity index (χ4n) is 2.20. The molecule has 3 aliphatic rings. The molecule has 14 heavy (non-hydrogen) atoms. The largest absolute Gasteiger partial charge is 0.493 e. The van der Waals surface area contributed by atoms with Crippen LogP contribution >= 0.6 is 0 Å². The maximum atomic E-state index is 12.0. The van der Waals surface area contributed by atoms with Crippen LogP contribution in [0, 0.1) is 18.3 Å². The van der Waals surface area contributed by atoms with Crippen LogP contribution in [0.5, 0.6) is 0 Å². The van der Waals surface area contributed by atoms with Crippen molar-refractivity contribution < 1.29 is 9.53 Å². The van der Waals surface area contributed by atoms with E-state index in [1.54, 1.807) is 6.08 Å². The Morgan fingerprint density at radius 1 is 1.50 bits per heavy atom. The SMILES string of the molecule is O=C1C2[C]C=CC=C2OC2CC=CC12. The normalized spacial score (nSPS) is 38.7. The van der Waals surface area contributed by atoms with Gasteiger partial charge < -0.3 is 4.74 Å². The molecule has 1 fully saturated rings. The van der Waals surface area contributed by atoms with Gasteiger partial charge in [0.2, 0.25) is 0 Å². The average molecular weight is 186 g/mol. The van der Waals surface area contributed by atoms with E-state index in [1.165, 1.54) is 0 Å². The number of rotatable bonds is 0. The van der Waals surface area contributed by atoms with Gasteiger partial charge in [0.05, 0.1) is 11.8 Å². The Labute approximate surface area is 82.9 Å². The molecular weight excluding hydrogens is 176 g/mol. The molecule has 0 aromatic heterocycles. The number of ketones is 1. The highest BCUT2D eigenvalue weighted by molar-refractivity contribution is 5.90. The van der Waals surface area contributed by atoms with E-state index in [1.807, 2.05) is 24.3 Å². The first kappa shape index (κ1) is 8.04. The second-order valence-corrected chi connectivity index (χ2v) is 3.78. The van der Waals surface area contributed by atoms with E-state index in [0.29, 0.717) is 0 Å². The van der Waals surface area contributed by atoms with E-state index in [4.69, 9.17) is 4.74 Å². The van der Waals surface area contributed by atoms with Crippen LogP contribution in [-0.4, -0.2) is 11.9 Å². The van der Waals surface area contributed by atoms with Crippen molar-refractivity contribution in [1.82, 2.24) is 0 Å². The van der Waals surface area contributed by atoms with Crippen molar-refractivity contribution in [3.05, 3.63) is 42.6 Å². The van der Waals surface area contributed by atoms with Gasteiger partial charge in [0.1, 0.15) is 11.9 Å². The predicted molar refractivity (Wildman–Crippen MR) is 51.1 cm³/mol. The standard InChI is InChI=1S/C12H10O2/c13-12-8-4-1-2-6-10(8)14-11-7-3-5-9(11)12/h1-3,5-6,8-9,11H,7H2. The summed E-state index contributed by atoms with van der Waals surface area (Å²) in [5.74, 6) is 0.688. The van der Waals surface area contributed by atoms with Crippen LogP contribution < -0.4 is 0 Å². The molecule has 2 aliphatic carbocycles. The second-order valence-electron chi connectivity index (χ2n) is 3.78. The first-order valence-electron chi connectivity index (χ1n) is 4.86. The lowest BCUT2D eigenvalue weighted by molar-refractivity contribution is -0.132. The van der Waals surface area contributed by atoms with Gasteiger partial charge in [-0.05, 0) is 6.08 Å². The van der Waals surface area contributed by atoms with Gasteiger partial charge in [-0.15, -0.1) is 0 Å². The van der Waals surface area contributed by atoms with Gasteiger partial charge >= 0.3 is 0 Å². The van der Waals surface area contributed by atoms with E-state index < -0.39 is 0 Å². The molecule has 1 saturated heterocycles. The summed E-state index contributed by atoms with van der Waals surface area (Å²) in [5, 5.41) is 0. The molecule has 2 nitrogen and oxygen atoms in total. The van der Waals surface area contributed by atoms with E-state index in [-0.39, 0.29) is 23.7 Å². The number of allylic oxidation sites excluding steroid dienone is 4. The molecule has 3 rings (SSSR count). The van der Waals surface area contributed by atoms with Gasteiger partial charge in [-0.25, -0.2) is 0 Å². The fourth-order valence-corrected chi connectivity index (χ4v) is 2.20. The van der Waals surface area contributed by atoms with E-state index in [0.717, 1.165) is 12.2 Å². The minimum atomic E-state index is -0.260. The zero-order valence-corrected chi connectivity index (χ0v) is 7.64. The summed E-state index contributed by atoms with van der Waals surface area (Å²) < 4.78 is 5.75. The van der Waals surface area contributed by atoms with Crippen molar-refractivity contribution in [2.24, 2.45) is 11.8 Å². The predicted octanol–water partition coefficient (Wildman–Crippen LogP) is 1.68. The Balaban J connectivity index is 1.96. The van der Waals surface area contributed by atoms with Crippen molar-refractivity contribution in [2.75, 3.05) is 0 Å². The van der Waals surface area contributed by atoms with E-state index in [9.17, 15) is 4.79 Å². The summed E-state index contributed by atoms with van der Waals surface area (Å²) in [7, 11) is 0. The number of Topliss-reactive ketones (excluding diaryl/α,β-unsaturated/α-hetero) is 1. The minimum Gasteiger partial charge on any atom is -0.493 e. The molecule has 3 atom stereocenters. The van der Waals surface area contributed by atoms with Crippen molar-refractivity contribution in [3.63, 3.8) is 0 Å². The second kappa shape index (κ2) is 2.84. The summed E-state index contributed by atoms with van der Waals surface area (Å²) in [5.41, 5.74) is 0. The Hall–Kier alpha value is -1.31. The summed E-state index contributed by atoms with van der Waals surface area (Å²) >= 11 is 0. The lowest BCUT2D eigenvalue weighted by Crippen LogP contribution is -2.39. The molecule has 0 spiro atoms. The van der Waals surface area contributed by atoms with Gasteiger partial charge in [0.15, 0.2) is 5.78 Å². The molecule has 0 saturated carbocycles. The van der Waals surface area contributed by atoms with Crippen molar-refractivity contribution in [3.8, 4) is 0 Å². The first-order valence-corrected chi connectivity index (χ1v) is 4.86. The maximum Gasteiger partial charge on any atom is 0.154 e. The fraction of sp³-hybridized carbons (Fsp3) is 0.333.